The Morgan fingerprint density at radius 2 is 1.71 bits per heavy atom. The Labute approximate surface area is 118 Å². The molecule has 0 fully saturated rings. The Bertz CT molecular complexity index is 724. The molecule has 2 rings (SSSR count). The van der Waals surface area contributed by atoms with E-state index in [1.165, 1.54) is 42.5 Å². The van der Waals surface area contributed by atoms with Crippen molar-refractivity contribution in [1.82, 2.24) is 0 Å². The van der Waals surface area contributed by atoms with Crippen LogP contribution in [-0.4, -0.2) is 10.7 Å². The minimum Gasteiger partial charge on any atom is -0.289 e. The molecule has 0 aliphatic heterocycles. The molecule has 106 valence electrons. The largest absolute Gasteiger partial charge is 0.289 e. The highest BCUT2D eigenvalue weighted by Gasteiger charge is 2.07. The van der Waals surface area contributed by atoms with Gasteiger partial charge in [0.25, 0.3) is 5.69 Å². The van der Waals surface area contributed by atoms with Crippen molar-refractivity contribution in [2.45, 2.75) is 0 Å². The number of rotatable bonds is 4. The third kappa shape index (κ3) is 3.56. The smallest absolute Gasteiger partial charge is 0.269 e. The highest BCUT2D eigenvalue weighted by molar-refractivity contribution is 6.06. The van der Waals surface area contributed by atoms with Crippen molar-refractivity contribution in [3.05, 3.63) is 81.4 Å². The van der Waals surface area contributed by atoms with Crippen molar-refractivity contribution in [1.29, 1.82) is 0 Å². The number of hydrogen-bond acceptors (Lipinski definition) is 3. The number of nitro groups is 1. The van der Waals surface area contributed by atoms with Crippen LogP contribution in [0.4, 0.5) is 14.5 Å². The number of hydrogen-bond donors (Lipinski definition) is 0. The summed E-state index contributed by atoms with van der Waals surface area (Å²) in [5.41, 5.74) is 0.544. The fourth-order valence-corrected chi connectivity index (χ4v) is 1.62. The molecular weight excluding hydrogens is 280 g/mol. The van der Waals surface area contributed by atoms with E-state index in [-0.39, 0.29) is 11.3 Å². The van der Waals surface area contributed by atoms with Crippen LogP contribution in [0.2, 0.25) is 0 Å². The van der Waals surface area contributed by atoms with E-state index in [1.807, 2.05) is 0 Å². The number of benzene rings is 2. The number of nitro benzene ring substituents is 1. The zero-order chi connectivity index (χ0) is 15.4. The van der Waals surface area contributed by atoms with Gasteiger partial charge in [-0.05, 0) is 42.0 Å². The molecule has 4 nitrogen and oxygen atoms in total. The first kappa shape index (κ1) is 14.5. The summed E-state index contributed by atoms with van der Waals surface area (Å²) in [4.78, 5) is 21.7. The van der Waals surface area contributed by atoms with Crippen molar-refractivity contribution in [2.75, 3.05) is 0 Å². The number of non-ortho nitro benzene ring substituents is 1. The standard InChI is InChI=1S/C15H9F2NO3/c16-13-7-4-11(9-14(13)17)15(19)8-3-10-1-5-12(6-2-10)18(20)21/h1-9H. The van der Waals surface area contributed by atoms with Crippen LogP contribution < -0.4 is 0 Å². The molecule has 0 aliphatic carbocycles. The van der Waals surface area contributed by atoms with Gasteiger partial charge in [0.1, 0.15) is 0 Å². The van der Waals surface area contributed by atoms with E-state index < -0.39 is 22.3 Å². The molecule has 0 heterocycles. The van der Waals surface area contributed by atoms with Crippen LogP contribution in [0.1, 0.15) is 15.9 Å². The van der Waals surface area contributed by atoms with Gasteiger partial charge in [0, 0.05) is 17.7 Å². The first-order valence-electron chi connectivity index (χ1n) is 5.89. The predicted octanol–water partition coefficient (Wildman–Crippen LogP) is 3.77. The van der Waals surface area contributed by atoms with Crippen molar-refractivity contribution >= 4 is 17.5 Å². The van der Waals surface area contributed by atoms with Crippen molar-refractivity contribution in [2.24, 2.45) is 0 Å². The molecule has 0 aromatic heterocycles. The maximum Gasteiger partial charge on any atom is 0.269 e. The molecule has 0 N–H and O–H groups in total. The molecule has 0 spiro atoms. The van der Waals surface area contributed by atoms with Crippen LogP contribution in [0.3, 0.4) is 0 Å². The molecule has 0 saturated carbocycles. The molecule has 0 saturated heterocycles. The fourth-order valence-electron chi connectivity index (χ4n) is 1.62. The second kappa shape index (κ2) is 6.04. The summed E-state index contributed by atoms with van der Waals surface area (Å²) < 4.78 is 25.8. The zero-order valence-electron chi connectivity index (χ0n) is 10.6. The van der Waals surface area contributed by atoms with Crippen molar-refractivity contribution in [3.8, 4) is 0 Å². The number of halogens is 2. The summed E-state index contributed by atoms with van der Waals surface area (Å²) in [5.74, 6) is -2.61. The van der Waals surface area contributed by atoms with E-state index in [9.17, 15) is 23.7 Å². The van der Waals surface area contributed by atoms with Gasteiger partial charge in [-0.2, -0.15) is 0 Å². The first-order valence-corrected chi connectivity index (χ1v) is 5.89. The van der Waals surface area contributed by atoms with E-state index in [0.29, 0.717) is 5.56 Å². The summed E-state index contributed by atoms with van der Waals surface area (Å²) in [5, 5.41) is 10.5. The van der Waals surface area contributed by atoms with E-state index in [1.54, 1.807) is 0 Å². The number of carbonyl (C=O) groups excluding carboxylic acids is 1. The second-order valence-corrected chi connectivity index (χ2v) is 4.18. The normalized spacial score (nSPS) is 10.8. The van der Waals surface area contributed by atoms with Gasteiger partial charge >= 0.3 is 0 Å². The maximum atomic E-state index is 13.0. The zero-order valence-corrected chi connectivity index (χ0v) is 10.6. The Hall–Kier alpha value is -2.89. The summed E-state index contributed by atoms with van der Waals surface area (Å²) in [6.07, 6.45) is 2.63. The minimum atomic E-state index is -1.09. The van der Waals surface area contributed by atoms with E-state index in [2.05, 4.69) is 0 Å². The lowest BCUT2D eigenvalue weighted by molar-refractivity contribution is -0.384. The van der Waals surface area contributed by atoms with Gasteiger partial charge in [0.15, 0.2) is 17.4 Å². The number of nitrogens with zero attached hydrogens (tertiary/aromatic N) is 1. The van der Waals surface area contributed by atoms with Crippen LogP contribution in [0.25, 0.3) is 6.08 Å². The summed E-state index contributed by atoms with van der Waals surface area (Å²) in [6.45, 7) is 0. The molecule has 6 heteroatoms. The fraction of sp³-hybridized carbons (Fsp3) is 0. The molecular formula is C15H9F2NO3. The number of allylic oxidation sites excluding steroid dienone is 1. The molecule has 0 radical (unpaired) electrons. The van der Waals surface area contributed by atoms with Gasteiger partial charge in [-0.3, -0.25) is 14.9 Å². The van der Waals surface area contributed by atoms with Crippen LogP contribution in [-0.2, 0) is 0 Å². The topological polar surface area (TPSA) is 60.2 Å². The molecule has 0 aliphatic rings. The lowest BCUT2D eigenvalue weighted by Crippen LogP contribution is -1.96. The SMILES string of the molecule is O=C(C=Cc1ccc([N+](=O)[O-])cc1)c1ccc(F)c(F)c1. The second-order valence-electron chi connectivity index (χ2n) is 4.18. The molecule has 0 bridgehead atoms. The lowest BCUT2D eigenvalue weighted by Gasteiger charge is -1.97. The summed E-state index contributed by atoms with van der Waals surface area (Å²) >= 11 is 0. The number of ketones is 1. The van der Waals surface area contributed by atoms with Gasteiger partial charge in [-0.1, -0.05) is 6.08 Å². The van der Waals surface area contributed by atoms with Gasteiger partial charge in [0.2, 0.25) is 0 Å². The highest BCUT2D eigenvalue weighted by Crippen LogP contribution is 2.14. The van der Waals surface area contributed by atoms with E-state index in [0.717, 1.165) is 12.1 Å². The Morgan fingerprint density at radius 3 is 2.29 bits per heavy atom. The molecule has 2 aromatic carbocycles. The van der Waals surface area contributed by atoms with Gasteiger partial charge in [-0.25, -0.2) is 8.78 Å². The van der Waals surface area contributed by atoms with Gasteiger partial charge in [-0.15, -0.1) is 0 Å². The first-order chi connectivity index (χ1) is 9.97. The maximum absolute atomic E-state index is 13.0. The van der Waals surface area contributed by atoms with Crippen molar-refractivity contribution in [3.63, 3.8) is 0 Å². The molecule has 21 heavy (non-hydrogen) atoms. The van der Waals surface area contributed by atoms with Crippen molar-refractivity contribution < 1.29 is 18.5 Å². The summed E-state index contributed by atoms with van der Waals surface area (Å²) in [7, 11) is 0. The van der Waals surface area contributed by atoms with Crippen LogP contribution in [0.15, 0.2) is 48.5 Å². The van der Waals surface area contributed by atoms with Gasteiger partial charge in [0.05, 0.1) is 4.92 Å². The molecule has 0 unspecified atom stereocenters. The highest BCUT2D eigenvalue weighted by atomic mass is 19.2. The lowest BCUT2D eigenvalue weighted by atomic mass is 10.1. The average molecular weight is 289 g/mol. The third-order valence-electron chi connectivity index (χ3n) is 2.74. The molecule has 2 aromatic rings. The quantitative estimate of drug-likeness (QED) is 0.372. The number of carbonyl (C=O) groups is 1. The van der Waals surface area contributed by atoms with E-state index in [4.69, 9.17) is 0 Å². The van der Waals surface area contributed by atoms with Gasteiger partial charge < -0.3 is 0 Å². The van der Waals surface area contributed by atoms with E-state index >= 15 is 0 Å². The molecule has 0 atom stereocenters. The van der Waals surface area contributed by atoms with Crippen LogP contribution in [0, 0.1) is 21.7 Å². The Morgan fingerprint density at radius 1 is 1.05 bits per heavy atom. The average Bonchev–Trinajstić information content (AvgIpc) is 2.48. The minimum absolute atomic E-state index is 0.0204. The van der Waals surface area contributed by atoms with Crippen LogP contribution >= 0.6 is 0 Å². The van der Waals surface area contributed by atoms with Crippen LogP contribution in [0.5, 0.6) is 0 Å². The predicted molar refractivity (Wildman–Crippen MR) is 72.8 cm³/mol. The monoisotopic (exact) mass is 289 g/mol. The third-order valence-corrected chi connectivity index (χ3v) is 2.74. The molecule has 0 amide bonds. The Balaban J connectivity index is 2.14. The Kier molecular flexibility index (Phi) is 4.18. The summed E-state index contributed by atoms with van der Waals surface area (Å²) in [6, 6.07) is 8.45.